The molecule has 1 heterocycles. The van der Waals surface area contributed by atoms with Crippen molar-refractivity contribution in [3.05, 3.63) is 69.1 Å². The fraction of sp³-hybridized carbons (Fsp3) is 0.0625. The molecule has 0 aliphatic carbocycles. The molecule has 0 atom stereocenters. The van der Waals surface area contributed by atoms with Crippen LogP contribution < -0.4 is 5.32 Å². The van der Waals surface area contributed by atoms with Crippen molar-refractivity contribution in [2.45, 2.75) is 6.18 Å². The molecule has 1 N–H and O–H groups in total. The maximum absolute atomic E-state index is 13.2. The third kappa shape index (κ3) is 3.31. The molecule has 3 rings (SSSR count). The minimum Gasteiger partial charge on any atom is -0.321 e. The molecule has 0 saturated carbocycles. The molecule has 0 fully saturated rings. The van der Waals surface area contributed by atoms with E-state index in [1.54, 1.807) is 29.6 Å². The average Bonchev–Trinajstić information content (AvgIpc) is 2.98. The molecule has 128 valence electrons. The van der Waals surface area contributed by atoms with Crippen molar-refractivity contribution in [1.82, 2.24) is 0 Å². The van der Waals surface area contributed by atoms with E-state index in [0.29, 0.717) is 11.5 Å². The fourth-order valence-electron chi connectivity index (χ4n) is 2.33. The topological polar surface area (TPSA) is 72.2 Å². The highest BCUT2D eigenvalue weighted by Gasteiger charge is 2.35. The molecule has 0 unspecified atom stereocenters. The van der Waals surface area contributed by atoms with Crippen LogP contribution in [0.5, 0.6) is 0 Å². The van der Waals surface area contributed by atoms with Crippen LogP contribution in [0.4, 0.5) is 24.5 Å². The van der Waals surface area contributed by atoms with Crippen molar-refractivity contribution in [3.63, 3.8) is 0 Å². The molecular formula is C16H9F3N2O3S. The number of rotatable bonds is 3. The summed E-state index contributed by atoms with van der Waals surface area (Å²) in [6.45, 7) is 0. The largest absolute Gasteiger partial charge is 0.418 e. The summed E-state index contributed by atoms with van der Waals surface area (Å²) in [5.74, 6) is -0.711. The number of fused-ring (bicyclic) bond motifs is 1. The lowest BCUT2D eigenvalue weighted by atomic mass is 10.1. The Labute approximate surface area is 142 Å². The molecular weight excluding hydrogens is 357 g/mol. The number of benzene rings is 2. The van der Waals surface area contributed by atoms with Crippen molar-refractivity contribution < 1.29 is 22.9 Å². The number of hydrogen-bond donors (Lipinski definition) is 1. The van der Waals surface area contributed by atoms with E-state index in [1.165, 1.54) is 11.3 Å². The highest BCUT2D eigenvalue weighted by Crippen LogP contribution is 2.37. The molecule has 1 amide bonds. The van der Waals surface area contributed by atoms with Gasteiger partial charge in [-0.05, 0) is 12.1 Å². The minimum atomic E-state index is -4.84. The maximum atomic E-state index is 13.2. The molecule has 2 aromatic carbocycles. The summed E-state index contributed by atoms with van der Waals surface area (Å²) in [5, 5.41) is 15.1. The quantitative estimate of drug-likeness (QED) is 0.519. The second kappa shape index (κ2) is 6.17. The molecule has 0 bridgehead atoms. The summed E-state index contributed by atoms with van der Waals surface area (Å²) in [6.07, 6.45) is -4.84. The zero-order valence-electron chi connectivity index (χ0n) is 12.3. The standard InChI is InChI=1S/C16H9F3N2O3S/c17-16(18,19)12-7-9(21(23)24)5-6-13(12)20-15(22)11-8-25-14-4-2-1-3-10(11)14/h1-8H,(H,20,22). The van der Waals surface area contributed by atoms with Crippen LogP contribution in [0.3, 0.4) is 0 Å². The number of alkyl halides is 3. The highest BCUT2D eigenvalue weighted by molar-refractivity contribution is 7.17. The van der Waals surface area contributed by atoms with Crippen LogP contribution in [-0.2, 0) is 6.18 Å². The van der Waals surface area contributed by atoms with Gasteiger partial charge >= 0.3 is 6.18 Å². The number of nitro groups is 1. The van der Waals surface area contributed by atoms with E-state index in [2.05, 4.69) is 5.32 Å². The molecule has 0 aliphatic heterocycles. The predicted octanol–water partition coefficient (Wildman–Crippen LogP) is 5.08. The van der Waals surface area contributed by atoms with Gasteiger partial charge in [-0.15, -0.1) is 11.3 Å². The van der Waals surface area contributed by atoms with E-state index >= 15 is 0 Å². The van der Waals surface area contributed by atoms with Crippen LogP contribution >= 0.6 is 11.3 Å². The van der Waals surface area contributed by atoms with Gasteiger partial charge in [0.2, 0.25) is 0 Å². The lowest BCUT2D eigenvalue weighted by Gasteiger charge is -2.13. The summed E-state index contributed by atoms with van der Waals surface area (Å²) >= 11 is 1.30. The Kier molecular flexibility index (Phi) is 4.17. The summed E-state index contributed by atoms with van der Waals surface area (Å²) in [4.78, 5) is 22.2. The molecule has 0 radical (unpaired) electrons. The van der Waals surface area contributed by atoms with E-state index in [4.69, 9.17) is 0 Å². The molecule has 5 nitrogen and oxygen atoms in total. The first kappa shape index (κ1) is 16.9. The summed E-state index contributed by atoms with van der Waals surface area (Å²) in [7, 11) is 0. The maximum Gasteiger partial charge on any atom is 0.418 e. The Bertz CT molecular complexity index is 982. The van der Waals surface area contributed by atoms with Gasteiger partial charge in [0, 0.05) is 27.6 Å². The van der Waals surface area contributed by atoms with E-state index in [-0.39, 0.29) is 5.56 Å². The molecule has 3 aromatic rings. The number of halogens is 3. The van der Waals surface area contributed by atoms with Crippen molar-refractivity contribution in [3.8, 4) is 0 Å². The molecule has 0 saturated heterocycles. The van der Waals surface area contributed by atoms with Crippen molar-refractivity contribution in [1.29, 1.82) is 0 Å². The number of nitrogens with zero attached hydrogens (tertiary/aromatic N) is 1. The van der Waals surface area contributed by atoms with Gasteiger partial charge in [-0.3, -0.25) is 14.9 Å². The number of non-ortho nitro benzene ring substituents is 1. The van der Waals surface area contributed by atoms with Gasteiger partial charge in [-0.2, -0.15) is 13.2 Å². The monoisotopic (exact) mass is 366 g/mol. The third-order valence-electron chi connectivity index (χ3n) is 3.49. The van der Waals surface area contributed by atoms with Crippen LogP contribution in [0, 0.1) is 10.1 Å². The normalized spacial score (nSPS) is 11.5. The zero-order valence-corrected chi connectivity index (χ0v) is 13.1. The predicted molar refractivity (Wildman–Crippen MR) is 87.9 cm³/mol. The Morgan fingerprint density at radius 1 is 1.16 bits per heavy atom. The summed E-state index contributed by atoms with van der Waals surface area (Å²) in [5.41, 5.74) is -2.26. The lowest BCUT2D eigenvalue weighted by Crippen LogP contribution is -2.16. The smallest absolute Gasteiger partial charge is 0.321 e. The van der Waals surface area contributed by atoms with E-state index in [1.807, 2.05) is 0 Å². The number of nitrogens with one attached hydrogen (secondary N) is 1. The van der Waals surface area contributed by atoms with Gasteiger partial charge in [0.15, 0.2) is 0 Å². The Morgan fingerprint density at radius 3 is 2.56 bits per heavy atom. The minimum absolute atomic E-state index is 0.243. The molecule has 1 aromatic heterocycles. The first-order valence-corrected chi connectivity index (χ1v) is 7.78. The zero-order chi connectivity index (χ0) is 18.2. The molecule has 9 heteroatoms. The van der Waals surface area contributed by atoms with Crippen LogP contribution in [0.25, 0.3) is 10.1 Å². The van der Waals surface area contributed by atoms with Crippen LogP contribution in [0.1, 0.15) is 15.9 Å². The Morgan fingerprint density at radius 2 is 1.88 bits per heavy atom. The van der Waals surface area contributed by atoms with Crippen LogP contribution in [0.2, 0.25) is 0 Å². The fourth-order valence-corrected chi connectivity index (χ4v) is 3.27. The Balaban J connectivity index is 1.99. The first-order valence-electron chi connectivity index (χ1n) is 6.90. The van der Waals surface area contributed by atoms with Crippen molar-refractivity contribution in [2.24, 2.45) is 0 Å². The van der Waals surface area contributed by atoms with Crippen molar-refractivity contribution in [2.75, 3.05) is 5.32 Å². The van der Waals surface area contributed by atoms with Crippen LogP contribution in [0.15, 0.2) is 47.8 Å². The average molecular weight is 366 g/mol. The number of thiophene rings is 1. The van der Waals surface area contributed by atoms with Gasteiger partial charge in [-0.25, -0.2) is 0 Å². The number of nitro benzene ring substituents is 1. The first-order chi connectivity index (χ1) is 11.8. The Hall–Kier alpha value is -2.94. The molecule has 0 spiro atoms. The van der Waals surface area contributed by atoms with E-state index < -0.39 is 33.9 Å². The highest BCUT2D eigenvalue weighted by atomic mass is 32.1. The van der Waals surface area contributed by atoms with Gasteiger partial charge in [0.1, 0.15) is 0 Å². The number of carbonyl (C=O) groups excluding carboxylic acids is 1. The second-order valence-electron chi connectivity index (χ2n) is 5.08. The number of amides is 1. The molecule has 0 aliphatic rings. The number of carbonyl (C=O) groups is 1. The number of hydrogen-bond acceptors (Lipinski definition) is 4. The molecule has 25 heavy (non-hydrogen) atoms. The second-order valence-corrected chi connectivity index (χ2v) is 6.00. The van der Waals surface area contributed by atoms with E-state index in [9.17, 15) is 28.1 Å². The summed E-state index contributed by atoms with van der Waals surface area (Å²) < 4.78 is 40.3. The third-order valence-corrected chi connectivity index (χ3v) is 4.46. The van der Waals surface area contributed by atoms with E-state index in [0.717, 1.165) is 16.8 Å². The van der Waals surface area contributed by atoms with Gasteiger partial charge < -0.3 is 5.32 Å². The lowest BCUT2D eigenvalue weighted by molar-refractivity contribution is -0.385. The SMILES string of the molecule is O=C(Nc1ccc([N+](=O)[O-])cc1C(F)(F)F)c1csc2ccccc12. The van der Waals surface area contributed by atoms with Crippen LogP contribution in [-0.4, -0.2) is 10.8 Å². The van der Waals surface area contributed by atoms with Gasteiger partial charge in [-0.1, -0.05) is 18.2 Å². The number of anilines is 1. The summed E-state index contributed by atoms with van der Waals surface area (Å²) in [6, 6.07) is 9.20. The van der Waals surface area contributed by atoms with Gasteiger partial charge in [0.25, 0.3) is 11.6 Å². The van der Waals surface area contributed by atoms with Crippen molar-refractivity contribution >= 4 is 38.7 Å². The van der Waals surface area contributed by atoms with Gasteiger partial charge in [0.05, 0.1) is 21.7 Å².